The van der Waals surface area contributed by atoms with Gasteiger partial charge in [-0.15, -0.1) is 0 Å². The maximum atomic E-state index is 15.0. The van der Waals surface area contributed by atoms with Crippen LogP contribution in [-0.4, -0.2) is 43.9 Å². The largest absolute Gasteiger partial charge is 0.506 e. The van der Waals surface area contributed by atoms with Gasteiger partial charge in [0.15, 0.2) is 28.8 Å². The van der Waals surface area contributed by atoms with Gasteiger partial charge in [-0.05, 0) is 116 Å². The third-order valence-corrected chi connectivity index (χ3v) is 9.97. The van der Waals surface area contributed by atoms with Crippen molar-refractivity contribution in [2.24, 2.45) is 22.2 Å². The molecule has 0 aliphatic heterocycles. The van der Waals surface area contributed by atoms with Gasteiger partial charge in [0.25, 0.3) is 0 Å². The van der Waals surface area contributed by atoms with Crippen LogP contribution >= 0.6 is 0 Å². The van der Waals surface area contributed by atoms with Crippen molar-refractivity contribution in [1.82, 2.24) is 0 Å². The molecule has 0 spiro atoms. The fourth-order valence-electron chi connectivity index (χ4n) is 6.83. The monoisotopic (exact) mass is 618 g/mol. The van der Waals surface area contributed by atoms with E-state index in [9.17, 15) is 30.0 Å². The van der Waals surface area contributed by atoms with E-state index in [4.69, 9.17) is 0 Å². The van der Waals surface area contributed by atoms with Gasteiger partial charge in [-0.25, -0.2) is 0 Å². The SMILES string of the molecule is CC(C)=CC[C@@H]1C[C@@]2(CC=C(C)[C@@H](O)CC=C(C)C)C(=O)C(=C(O)c3ccc(O)c(O)c3)C(=O)[C@](CC=C(C)C)(C2=O)C1(C)C. The van der Waals surface area contributed by atoms with Crippen LogP contribution in [0.5, 0.6) is 11.5 Å². The van der Waals surface area contributed by atoms with Gasteiger partial charge < -0.3 is 20.4 Å². The number of carbonyl (C=O) groups is 3. The quantitative estimate of drug-likeness (QED) is 0.0524. The lowest BCUT2D eigenvalue weighted by atomic mass is 9.38. The number of phenolic OH excluding ortho intramolecular Hbond substituents is 2. The van der Waals surface area contributed by atoms with Crippen LogP contribution in [0.4, 0.5) is 0 Å². The number of carbonyl (C=O) groups excluding carboxylic acids is 3. The summed E-state index contributed by atoms with van der Waals surface area (Å²) >= 11 is 0. The number of phenols is 2. The maximum Gasteiger partial charge on any atom is 0.184 e. The number of aromatic hydroxyl groups is 2. The normalized spacial score (nSPS) is 26.2. The number of rotatable bonds is 10. The smallest absolute Gasteiger partial charge is 0.184 e. The van der Waals surface area contributed by atoms with Crippen molar-refractivity contribution < 1.29 is 34.8 Å². The van der Waals surface area contributed by atoms with Crippen molar-refractivity contribution in [2.75, 3.05) is 0 Å². The number of hydrogen-bond acceptors (Lipinski definition) is 7. The first-order chi connectivity index (χ1) is 20.8. The van der Waals surface area contributed by atoms with Crippen molar-refractivity contribution >= 4 is 23.1 Å². The fraction of sp³-hybridized carbons (Fsp3) is 0.500. The van der Waals surface area contributed by atoms with E-state index in [2.05, 4.69) is 6.08 Å². The van der Waals surface area contributed by atoms with Gasteiger partial charge >= 0.3 is 0 Å². The van der Waals surface area contributed by atoms with Crippen LogP contribution in [0.2, 0.25) is 0 Å². The summed E-state index contributed by atoms with van der Waals surface area (Å²) in [5.41, 5.74) is -1.07. The minimum Gasteiger partial charge on any atom is -0.506 e. The predicted octanol–water partition coefficient (Wildman–Crippen LogP) is 7.87. The molecule has 0 heterocycles. The Kier molecular flexibility index (Phi) is 10.6. The molecule has 0 amide bonds. The molecule has 1 aromatic carbocycles. The van der Waals surface area contributed by atoms with Crippen LogP contribution in [0.3, 0.4) is 0 Å². The molecular weight excluding hydrogens is 568 g/mol. The van der Waals surface area contributed by atoms with Crippen molar-refractivity contribution in [3.8, 4) is 11.5 Å². The van der Waals surface area contributed by atoms with Gasteiger partial charge in [-0.3, -0.25) is 14.4 Å². The van der Waals surface area contributed by atoms with Gasteiger partial charge in [0.1, 0.15) is 16.7 Å². The molecule has 2 saturated carbocycles. The molecule has 0 unspecified atom stereocenters. The molecule has 1 aromatic rings. The number of fused-ring (bicyclic) bond motifs is 2. The summed E-state index contributed by atoms with van der Waals surface area (Å²) in [6.45, 7) is 17.2. The third kappa shape index (κ3) is 6.51. The lowest BCUT2D eigenvalue weighted by molar-refractivity contribution is -0.176. The van der Waals surface area contributed by atoms with Crippen molar-refractivity contribution in [3.05, 3.63) is 75.9 Å². The van der Waals surface area contributed by atoms with Crippen LogP contribution in [0, 0.1) is 22.2 Å². The Hall–Kier alpha value is -3.71. The third-order valence-electron chi connectivity index (χ3n) is 9.97. The van der Waals surface area contributed by atoms with E-state index in [1.165, 1.54) is 12.1 Å². The summed E-state index contributed by atoms with van der Waals surface area (Å²) < 4.78 is 0. The summed E-state index contributed by atoms with van der Waals surface area (Å²) in [7, 11) is 0. The first-order valence-corrected chi connectivity index (χ1v) is 15.7. The van der Waals surface area contributed by atoms with Crippen LogP contribution < -0.4 is 0 Å². The number of Topliss-reactive ketones (excluding diaryl/α,β-unsaturated/α-hetero) is 3. The first-order valence-electron chi connectivity index (χ1n) is 15.7. The highest BCUT2D eigenvalue weighted by atomic mass is 16.3. The van der Waals surface area contributed by atoms with E-state index in [0.717, 1.165) is 22.8 Å². The first kappa shape index (κ1) is 35.8. The molecule has 0 aromatic heterocycles. The van der Waals surface area contributed by atoms with Crippen LogP contribution in [-0.2, 0) is 14.4 Å². The molecule has 45 heavy (non-hydrogen) atoms. The van der Waals surface area contributed by atoms with Crippen LogP contribution in [0.1, 0.15) is 100.0 Å². The molecule has 2 fully saturated rings. The van der Waals surface area contributed by atoms with Crippen molar-refractivity contribution in [1.29, 1.82) is 0 Å². The van der Waals surface area contributed by atoms with E-state index < -0.39 is 62.5 Å². The molecule has 4 N–H and O–H groups in total. The molecular formula is C38H50O7. The number of ketones is 3. The summed E-state index contributed by atoms with van der Waals surface area (Å²) in [4.78, 5) is 44.6. The second-order valence-corrected chi connectivity index (χ2v) is 14.2. The van der Waals surface area contributed by atoms with Gasteiger partial charge in [0.2, 0.25) is 0 Å². The van der Waals surface area contributed by atoms with Crippen LogP contribution in [0.25, 0.3) is 5.76 Å². The number of aliphatic hydroxyl groups excluding tert-OH is 2. The fourth-order valence-corrected chi connectivity index (χ4v) is 6.83. The lowest BCUT2D eigenvalue weighted by Crippen LogP contribution is -2.69. The topological polar surface area (TPSA) is 132 Å². The van der Waals surface area contributed by atoms with Gasteiger partial charge in [-0.1, -0.05) is 54.9 Å². The van der Waals surface area contributed by atoms with Crippen molar-refractivity contribution in [3.63, 3.8) is 0 Å². The lowest BCUT2D eigenvalue weighted by Gasteiger charge is -2.60. The molecule has 0 radical (unpaired) electrons. The summed E-state index contributed by atoms with van der Waals surface area (Å²) in [6, 6.07) is 3.57. The van der Waals surface area contributed by atoms with Gasteiger partial charge in [-0.2, -0.15) is 0 Å². The standard InChI is InChI=1S/C38H50O7/c1-22(2)10-13-27-21-37(18-17-25(7)28(39)14-11-23(3)4)33(43)31(32(42)26-12-15-29(40)30(41)20-26)34(44)38(35(37)45,36(27,8)9)19-16-24(5)6/h10-12,15-17,20,27-28,39-42H,13-14,18-19,21H2,1-9H3/t27-,28+,37+,38-/m1/s1. The van der Waals surface area contributed by atoms with Gasteiger partial charge in [0, 0.05) is 5.56 Å². The average Bonchev–Trinajstić information content (AvgIpc) is 2.95. The number of benzene rings is 1. The van der Waals surface area contributed by atoms with E-state index in [0.29, 0.717) is 18.4 Å². The van der Waals surface area contributed by atoms with E-state index in [1.54, 1.807) is 13.0 Å². The number of hydrogen-bond donors (Lipinski definition) is 4. The molecule has 3 rings (SSSR count). The minimum absolute atomic E-state index is 0.0234. The molecule has 7 heteroatoms. The highest BCUT2D eigenvalue weighted by molar-refractivity contribution is 6.41. The molecule has 2 aliphatic carbocycles. The van der Waals surface area contributed by atoms with Gasteiger partial charge in [0.05, 0.1) is 11.5 Å². The van der Waals surface area contributed by atoms with Crippen LogP contribution in [0.15, 0.2) is 70.4 Å². The van der Waals surface area contributed by atoms with E-state index >= 15 is 4.79 Å². The molecule has 0 saturated heterocycles. The molecule has 2 bridgehead atoms. The Bertz CT molecular complexity index is 1520. The summed E-state index contributed by atoms with van der Waals surface area (Å²) in [6.07, 6.45) is 7.90. The Morgan fingerprint density at radius 3 is 2.00 bits per heavy atom. The highest BCUT2D eigenvalue weighted by Crippen LogP contribution is 2.65. The molecule has 4 atom stereocenters. The Balaban J connectivity index is 2.40. The summed E-state index contributed by atoms with van der Waals surface area (Å²) in [5, 5.41) is 42.5. The van der Waals surface area contributed by atoms with E-state index in [1.807, 2.05) is 67.5 Å². The zero-order valence-electron chi connectivity index (χ0n) is 28.2. The second-order valence-electron chi connectivity index (χ2n) is 14.2. The Morgan fingerprint density at radius 2 is 1.44 bits per heavy atom. The summed E-state index contributed by atoms with van der Waals surface area (Å²) in [5.74, 6) is -3.74. The van der Waals surface area contributed by atoms with E-state index in [-0.39, 0.29) is 30.7 Å². The number of allylic oxidation sites excluding steroid dienone is 7. The van der Waals surface area contributed by atoms with Crippen molar-refractivity contribution in [2.45, 2.75) is 101 Å². The average molecular weight is 619 g/mol. The Morgan fingerprint density at radius 1 is 0.844 bits per heavy atom. The molecule has 7 nitrogen and oxygen atoms in total. The second kappa shape index (κ2) is 13.3. The zero-order valence-corrected chi connectivity index (χ0v) is 28.2. The zero-order chi connectivity index (χ0) is 34.1. The maximum absolute atomic E-state index is 15.0. The predicted molar refractivity (Wildman–Crippen MR) is 178 cm³/mol. The minimum atomic E-state index is -1.67. The Labute approximate surface area is 267 Å². The molecule has 244 valence electrons. The highest BCUT2D eigenvalue weighted by Gasteiger charge is 2.73. The molecule has 2 aliphatic rings. The number of aliphatic hydroxyl groups is 2.